The van der Waals surface area contributed by atoms with Crippen molar-refractivity contribution in [2.45, 2.75) is 56.2 Å². The Morgan fingerprint density at radius 3 is 2.50 bits per heavy atom. The predicted octanol–water partition coefficient (Wildman–Crippen LogP) is 1.21. The molecule has 3 atom stereocenters. The Bertz CT molecular complexity index is 611. The van der Waals surface area contributed by atoms with Gasteiger partial charge in [0.1, 0.15) is 0 Å². The Kier molecular flexibility index (Phi) is 5.58. The van der Waals surface area contributed by atoms with Gasteiger partial charge in [0, 0.05) is 50.7 Å². The number of rotatable bonds is 4. The van der Waals surface area contributed by atoms with Gasteiger partial charge < -0.3 is 15.0 Å². The minimum absolute atomic E-state index is 0.0229. The van der Waals surface area contributed by atoms with Crippen LogP contribution in [0.1, 0.15) is 44.9 Å². The molecule has 7 heteroatoms. The molecule has 1 aliphatic carbocycles. The molecular weight excluding hydrogens is 352 g/mol. The first kappa shape index (κ1) is 18.7. The van der Waals surface area contributed by atoms with Crippen LogP contribution < -0.4 is 5.32 Å². The number of sulfone groups is 1. The number of ether oxygens (including phenoxy) is 1. The van der Waals surface area contributed by atoms with Gasteiger partial charge in [-0.25, -0.2) is 8.42 Å². The third-order valence-corrected chi connectivity index (χ3v) is 9.18. The number of amides is 1. The van der Waals surface area contributed by atoms with Crippen LogP contribution in [0, 0.1) is 17.8 Å². The summed E-state index contributed by atoms with van der Waals surface area (Å²) in [5.41, 5.74) is 0. The Morgan fingerprint density at radius 1 is 1.04 bits per heavy atom. The van der Waals surface area contributed by atoms with Crippen molar-refractivity contribution in [3.05, 3.63) is 0 Å². The van der Waals surface area contributed by atoms with E-state index in [9.17, 15) is 13.2 Å². The van der Waals surface area contributed by atoms with Gasteiger partial charge in [-0.15, -0.1) is 0 Å². The van der Waals surface area contributed by atoms with Crippen LogP contribution in [0.3, 0.4) is 0 Å². The zero-order valence-electron chi connectivity index (χ0n) is 15.6. The number of hydrogen-bond acceptors (Lipinski definition) is 5. The molecule has 6 nitrogen and oxygen atoms in total. The normalized spacial score (nSPS) is 36.1. The topological polar surface area (TPSA) is 75.7 Å². The van der Waals surface area contributed by atoms with Crippen molar-refractivity contribution in [2.75, 3.05) is 38.6 Å². The van der Waals surface area contributed by atoms with Gasteiger partial charge in [-0.1, -0.05) is 19.3 Å². The molecule has 3 aliphatic heterocycles. The van der Waals surface area contributed by atoms with Crippen molar-refractivity contribution < 1.29 is 17.9 Å². The van der Waals surface area contributed by atoms with Crippen LogP contribution in [0.15, 0.2) is 0 Å². The fourth-order valence-corrected chi connectivity index (χ4v) is 7.76. The molecule has 148 valence electrons. The van der Waals surface area contributed by atoms with Crippen molar-refractivity contribution in [2.24, 2.45) is 17.8 Å². The van der Waals surface area contributed by atoms with Gasteiger partial charge >= 0.3 is 0 Å². The standard InChI is InChI=1S/C19H32N2O4S/c22-19(15-6-8-25-9-7-15)20-17-13-26(23,24)18-12-21(11-16(17)18)10-14-4-2-1-3-5-14/h14-18H,1-13H2,(H,20,22)/t16-,17+,18-/m0/s1. The van der Waals surface area contributed by atoms with Crippen LogP contribution in [-0.2, 0) is 19.4 Å². The minimum Gasteiger partial charge on any atom is -0.381 e. The zero-order valence-corrected chi connectivity index (χ0v) is 16.4. The quantitative estimate of drug-likeness (QED) is 0.788. The van der Waals surface area contributed by atoms with Crippen LogP contribution in [0.2, 0.25) is 0 Å². The molecular formula is C19H32N2O4S. The van der Waals surface area contributed by atoms with Crippen molar-refractivity contribution in [1.82, 2.24) is 10.2 Å². The maximum Gasteiger partial charge on any atom is 0.223 e. The van der Waals surface area contributed by atoms with Gasteiger partial charge in [-0.3, -0.25) is 4.79 Å². The second-order valence-corrected chi connectivity index (χ2v) is 11.0. The Balaban J connectivity index is 1.37. The molecule has 3 heterocycles. The van der Waals surface area contributed by atoms with E-state index in [1.165, 1.54) is 32.1 Å². The molecule has 4 aliphatic rings. The number of carbonyl (C=O) groups excluding carboxylic acids is 1. The highest BCUT2D eigenvalue weighted by Crippen LogP contribution is 2.36. The number of likely N-dealkylation sites (tertiary alicyclic amines) is 1. The lowest BCUT2D eigenvalue weighted by Crippen LogP contribution is -2.45. The van der Waals surface area contributed by atoms with E-state index in [0.717, 1.165) is 31.8 Å². The van der Waals surface area contributed by atoms with Crippen molar-refractivity contribution >= 4 is 15.7 Å². The van der Waals surface area contributed by atoms with Gasteiger partial charge in [-0.2, -0.15) is 0 Å². The fraction of sp³-hybridized carbons (Fsp3) is 0.947. The van der Waals surface area contributed by atoms with E-state index < -0.39 is 9.84 Å². The summed E-state index contributed by atoms with van der Waals surface area (Å²) in [6.45, 7) is 3.76. The fourth-order valence-electron chi connectivity index (χ4n) is 5.44. The second-order valence-electron chi connectivity index (χ2n) is 8.76. The van der Waals surface area contributed by atoms with E-state index in [1.54, 1.807) is 0 Å². The number of carbonyl (C=O) groups is 1. The summed E-state index contributed by atoms with van der Waals surface area (Å²) in [5.74, 6) is 0.909. The van der Waals surface area contributed by atoms with Gasteiger partial charge in [0.15, 0.2) is 9.84 Å². The maximum absolute atomic E-state index is 12.7. The van der Waals surface area contributed by atoms with E-state index in [1.807, 2.05) is 0 Å². The summed E-state index contributed by atoms with van der Waals surface area (Å²) < 4.78 is 30.6. The van der Waals surface area contributed by atoms with Crippen molar-refractivity contribution in [3.8, 4) is 0 Å². The van der Waals surface area contributed by atoms with E-state index in [-0.39, 0.29) is 34.8 Å². The summed E-state index contributed by atoms with van der Waals surface area (Å²) in [4.78, 5) is 14.9. The van der Waals surface area contributed by atoms with E-state index in [4.69, 9.17) is 4.74 Å². The lowest BCUT2D eigenvalue weighted by molar-refractivity contribution is -0.128. The molecule has 1 saturated carbocycles. The Hall–Kier alpha value is -0.660. The Morgan fingerprint density at radius 2 is 1.77 bits per heavy atom. The highest BCUT2D eigenvalue weighted by Gasteiger charge is 2.52. The molecule has 0 aromatic rings. The highest BCUT2D eigenvalue weighted by atomic mass is 32.2. The lowest BCUT2D eigenvalue weighted by atomic mass is 9.89. The van der Waals surface area contributed by atoms with Crippen LogP contribution in [0.4, 0.5) is 0 Å². The SMILES string of the molecule is O=C(N[C@@H]1CS(=O)(=O)[C@H]2CN(CC3CCCCC3)C[C@@H]12)C1CCOCC1. The average molecular weight is 385 g/mol. The molecule has 0 aromatic heterocycles. The summed E-state index contributed by atoms with van der Waals surface area (Å²) in [7, 11) is -3.10. The van der Waals surface area contributed by atoms with Crippen LogP contribution >= 0.6 is 0 Å². The zero-order chi connectivity index (χ0) is 18.1. The first-order valence-electron chi connectivity index (χ1n) is 10.3. The van der Waals surface area contributed by atoms with E-state index in [0.29, 0.717) is 19.8 Å². The van der Waals surface area contributed by atoms with E-state index in [2.05, 4.69) is 10.2 Å². The molecule has 1 amide bonds. The largest absolute Gasteiger partial charge is 0.381 e. The van der Waals surface area contributed by atoms with Crippen LogP contribution in [0.25, 0.3) is 0 Å². The summed E-state index contributed by atoms with van der Waals surface area (Å²) in [5, 5.41) is 2.81. The molecule has 0 bridgehead atoms. The molecule has 0 unspecified atom stereocenters. The van der Waals surface area contributed by atoms with Crippen LogP contribution in [-0.4, -0.2) is 69.1 Å². The van der Waals surface area contributed by atoms with Gasteiger partial charge in [0.25, 0.3) is 0 Å². The number of fused-ring (bicyclic) bond motifs is 1. The van der Waals surface area contributed by atoms with Gasteiger partial charge in [-0.05, 0) is 31.6 Å². The average Bonchev–Trinajstić information content (AvgIpc) is 3.16. The first-order chi connectivity index (χ1) is 12.5. The number of nitrogens with one attached hydrogen (secondary N) is 1. The van der Waals surface area contributed by atoms with Crippen molar-refractivity contribution in [3.63, 3.8) is 0 Å². The number of hydrogen-bond donors (Lipinski definition) is 1. The smallest absolute Gasteiger partial charge is 0.223 e. The second kappa shape index (κ2) is 7.76. The predicted molar refractivity (Wildman–Crippen MR) is 99.6 cm³/mol. The molecule has 0 radical (unpaired) electrons. The lowest BCUT2D eigenvalue weighted by Gasteiger charge is -2.28. The first-order valence-corrected chi connectivity index (χ1v) is 12.1. The third kappa shape index (κ3) is 3.94. The summed E-state index contributed by atoms with van der Waals surface area (Å²) >= 11 is 0. The summed E-state index contributed by atoms with van der Waals surface area (Å²) in [6, 6.07) is -0.211. The monoisotopic (exact) mass is 384 g/mol. The third-order valence-electron chi connectivity index (χ3n) is 6.94. The van der Waals surface area contributed by atoms with Crippen molar-refractivity contribution in [1.29, 1.82) is 0 Å². The van der Waals surface area contributed by atoms with Gasteiger partial charge in [0.05, 0.1) is 11.0 Å². The minimum atomic E-state index is -3.10. The molecule has 4 fully saturated rings. The summed E-state index contributed by atoms with van der Waals surface area (Å²) in [6.07, 6.45) is 8.02. The van der Waals surface area contributed by atoms with Gasteiger partial charge in [0.2, 0.25) is 5.91 Å². The molecule has 0 aromatic carbocycles. The molecule has 3 saturated heterocycles. The maximum atomic E-state index is 12.7. The van der Waals surface area contributed by atoms with Crippen LogP contribution in [0.5, 0.6) is 0 Å². The molecule has 4 rings (SSSR count). The number of nitrogens with zero attached hydrogens (tertiary/aromatic N) is 1. The Labute approximate surface area is 156 Å². The van der Waals surface area contributed by atoms with E-state index >= 15 is 0 Å². The molecule has 26 heavy (non-hydrogen) atoms. The molecule has 1 N–H and O–H groups in total. The highest BCUT2D eigenvalue weighted by molar-refractivity contribution is 7.92. The molecule has 0 spiro atoms.